The minimum Gasteiger partial charge on any atom is -0.310 e. The van der Waals surface area contributed by atoms with Crippen LogP contribution < -0.4 is 5.32 Å². The molecule has 0 amide bonds. The molecule has 0 radical (unpaired) electrons. The van der Waals surface area contributed by atoms with Crippen molar-refractivity contribution in [2.75, 3.05) is 13.1 Å². The second-order valence-corrected chi connectivity index (χ2v) is 5.35. The van der Waals surface area contributed by atoms with E-state index < -0.39 is 0 Å². The summed E-state index contributed by atoms with van der Waals surface area (Å²) in [5.41, 5.74) is 1.69. The average molecular weight is 270 g/mol. The zero-order chi connectivity index (χ0) is 13.1. The first-order valence-electron chi connectivity index (χ1n) is 6.54. The molecule has 1 aromatic rings. The summed E-state index contributed by atoms with van der Waals surface area (Å²) in [5, 5.41) is 8.17. The van der Waals surface area contributed by atoms with Gasteiger partial charge in [-0.2, -0.15) is 5.10 Å². The molecule has 0 bridgehead atoms. The Morgan fingerprint density at radius 1 is 1.56 bits per heavy atom. The maximum Gasteiger partial charge on any atom is 0.152 e. The van der Waals surface area contributed by atoms with Crippen molar-refractivity contribution in [2.45, 2.75) is 32.6 Å². The van der Waals surface area contributed by atoms with Crippen LogP contribution in [0.25, 0.3) is 0 Å². The lowest BCUT2D eigenvalue weighted by molar-refractivity contribution is -0.117. The van der Waals surface area contributed by atoms with Crippen LogP contribution in [-0.2, 0) is 24.7 Å². The molecule has 100 valence electrons. The molecule has 5 heteroatoms. The number of nitrogens with one attached hydrogen (secondary N) is 1. The van der Waals surface area contributed by atoms with Crippen LogP contribution in [0.15, 0.2) is 0 Å². The first kappa shape index (κ1) is 13.6. The highest BCUT2D eigenvalue weighted by Crippen LogP contribution is 2.27. The molecule has 1 aromatic heterocycles. The smallest absolute Gasteiger partial charge is 0.152 e. The van der Waals surface area contributed by atoms with E-state index in [0.29, 0.717) is 18.0 Å². The minimum atomic E-state index is 0.170. The third-order valence-corrected chi connectivity index (χ3v) is 3.76. The largest absolute Gasteiger partial charge is 0.310 e. The van der Waals surface area contributed by atoms with Crippen LogP contribution in [0, 0.1) is 5.92 Å². The molecule has 0 spiro atoms. The SMILES string of the molecule is CCc1nn(C)c(CC(=O)CNCC2CC2)c1Cl. The Kier molecular flexibility index (Phi) is 4.40. The van der Waals surface area contributed by atoms with E-state index >= 15 is 0 Å². The predicted molar refractivity (Wildman–Crippen MR) is 71.9 cm³/mol. The first-order valence-corrected chi connectivity index (χ1v) is 6.92. The van der Waals surface area contributed by atoms with Gasteiger partial charge in [-0.15, -0.1) is 0 Å². The number of carbonyl (C=O) groups is 1. The molecule has 0 atom stereocenters. The summed E-state index contributed by atoms with van der Waals surface area (Å²) in [5.74, 6) is 0.966. The van der Waals surface area contributed by atoms with Crippen molar-refractivity contribution in [2.24, 2.45) is 13.0 Å². The zero-order valence-electron chi connectivity index (χ0n) is 11.0. The van der Waals surface area contributed by atoms with Gasteiger partial charge in [0.05, 0.1) is 29.4 Å². The monoisotopic (exact) mass is 269 g/mol. The third-order valence-electron chi connectivity index (χ3n) is 3.32. The Balaban J connectivity index is 1.87. The zero-order valence-corrected chi connectivity index (χ0v) is 11.8. The van der Waals surface area contributed by atoms with E-state index in [-0.39, 0.29) is 5.78 Å². The van der Waals surface area contributed by atoms with E-state index in [2.05, 4.69) is 10.4 Å². The van der Waals surface area contributed by atoms with Gasteiger partial charge in [-0.05, 0) is 31.7 Å². The van der Waals surface area contributed by atoms with Gasteiger partial charge in [0.1, 0.15) is 0 Å². The highest BCUT2D eigenvalue weighted by atomic mass is 35.5. The van der Waals surface area contributed by atoms with Crippen LogP contribution in [-0.4, -0.2) is 28.7 Å². The van der Waals surface area contributed by atoms with Crippen LogP contribution in [0.1, 0.15) is 31.2 Å². The fourth-order valence-corrected chi connectivity index (χ4v) is 2.36. The van der Waals surface area contributed by atoms with Crippen molar-refractivity contribution in [3.8, 4) is 0 Å². The summed E-state index contributed by atoms with van der Waals surface area (Å²) in [7, 11) is 1.84. The molecule has 1 aliphatic rings. The van der Waals surface area contributed by atoms with E-state index in [1.807, 2.05) is 14.0 Å². The normalized spacial score (nSPS) is 15.1. The Morgan fingerprint density at radius 2 is 2.28 bits per heavy atom. The lowest BCUT2D eigenvalue weighted by atomic mass is 10.2. The van der Waals surface area contributed by atoms with Crippen LogP contribution in [0.4, 0.5) is 0 Å². The summed E-state index contributed by atoms with van der Waals surface area (Å²) in [6.45, 7) is 3.40. The standard InChI is InChI=1S/C13H20ClN3O/c1-3-11-13(14)12(17(2)16-11)6-10(18)8-15-7-9-4-5-9/h9,15H,3-8H2,1-2H3. The number of aromatic nitrogens is 2. The lowest BCUT2D eigenvalue weighted by Crippen LogP contribution is -2.26. The van der Waals surface area contributed by atoms with Crippen molar-refractivity contribution in [3.63, 3.8) is 0 Å². The molecular formula is C13H20ClN3O. The number of nitrogens with zero attached hydrogens (tertiary/aromatic N) is 2. The second-order valence-electron chi connectivity index (χ2n) is 4.97. The number of carbonyl (C=O) groups excluding carboxylic acids is 1. The number of hydrogen-bond acceptors (Lipinski definition) is 3. The number of hydrogen-bond donors (Lipinski definition) is 1. The predicted octanol–water partition coefficient (Wildman–Crippen LogP) is 1.75. The van der Waals surface area contributed by atoms with Crippen LogP contribution in [0.2, 0.25) is 5.02 Å². The molecule has 1 heterocycles. The molecule has 1 fully saturated rings. The molecule has 0 aliphatic heterocycles. The topological polar surface area (TPSA) is 46.9 Å². The quantitative estimate of drug-likeness (QED) is 0.820. The Bertz CT molecular complexity index is 438. The van der Waals surface area contributed by atoms with E-state index in [9.17, 15) is 4.79 Å². The summed E-state index contributed by atoms with van der Waals surface area (Å²) in [6, 6.07) is 0. The van der Waals surface area contributed by atoms with Crippen molar-refractivity contribution < 1.29 is 4.79 Å². The van der Waals surface area contributed by atoms with Gasteiger partial charge < -0.3 is 5.32 Å². The molecule has 4 nitrogen and oxygen atoms in total. The maximum absolute atomic E-state index is 11.9. The minimum absolute atomic E-state index is 0.170. The average Bonchev–Trinajstić information content (AvgIpc) is 3.11. The Morgan fingerprint density at radius 3 is 2.83 bits per heavy atom. The molecule has 18 heavy (non-hydrogen) atoms. The molecule has 1 aliphatic carbocycles. The van der Waals surface area contributed by atoms with E-state index in [1.165, 1.54) is 12.8 Å². The second kappa shape index (κ2) is 5.85. The molecule has 0 aromatic carbocycles. The molecular weight excluding hydrogens is 250 g/mol. The van der Waals surface area contributed by atoms with Gasteiger partial charge in [0.25, 0.3) is 0 Å². The van der Waals surface area contributed by atoms with Crippen LogP contribution in [0.3, 0.4) is 0 Å². The Labute approximate surface area is 113 Å². The molecule has 2 rings (SSSR count). The van der Waals surface area contributed by atoms with Gasteiger partial charge in [-0.1, -0.05) is 18.5 Å². The molecule has 0 unspecified atom stereocenters. The van der Waals surface area contributed by atoms with Crippen molar-refractivity contribution >= 4 is 17.4 Å². The number of aryl methyl sites for hydroxylation is 2. The van der Waals surface area contributed by atoms with Gasteiger partial charge in [0, 0.05) is 7.05 Å². The number of halogens is 1. The fourth-order valence-electron chi connectivity index (χ4n) is 2.00. The third kappa shape index (κ3) is 3.33. The fraction of sp³-hybridized carbons (Fsp3) is 0.692. The summed E-state index contributed by atoms with van der Waals surface area (Å²) < 4.78 is 1.72. The highest BCUT2D eigenvalue weighted by molar-refractivity contribution is 6.32. The number of ketones is 1. The lowest BCUT2D eigenvalue weighted by Gasteiger charge is -2.04. The molecule has 1 saturated carbocycles. The van der Waals surface area contributed by atoms with Crippen LogP contribution >= 0.6 is 11.6 Å². The number of rotatable bonds is 7. The maximum atomic E-state index is 11.9. The highest BCUT2D eigenvalue weighted by Gasteiger charge is 2.21. The van der Waals surface area contributed by atoms with Gasteiger partial charge in [0.2, 0.25) is 0 Å². The van der Waals surface area contributed by atoms with Gasteiger partial charge in [-0.3, -0.25) is 9.48 Å². The van der Waals surface area contributed by atoms with Crippen molar-refractivity contribution in [3.05, 3.63) is 16.4 Å². The van der Waals surface area contributed by atoms with Gasteiger partial charge in [-0.25, -0.2) is 0 Å². The summed E-state index contributed by atoms with van der Waals surface area (Å²) in [6.07, 6.45) is 3.75. The van der Waals surface area contributed by atoms with Crippen molar-refractivity contribution in [1.29, 1.82) is 0 Å². The van der Waals surface area contributed by atoms with Gasteiger partial charge >= 0.3 is 0 Å². The van der Waals surface area contributed by atoms with E-state index in [1.54, 1.807) is 4.68 Å². The number of Topliss-reactive ketones (excluding diaryl/α,β-unsaturated/α-hetero) is 1. The van der Waals surface area contributed by atoms with Gasteiger partial charge in [0.15, 0.2) is 5.78 Å². The molecule has 0 saturated heterocycles. The van der Waals surface area contributed by atoms with E-state index in [0.717, 1.165) is 30.3 Å². The summed E-state index contributed by atoms with van der Waals surface area (Å²) in [4.78, 5) is 11.9. The first-order chi connectivity index (χ1) is 8.61. The van der Waals surface area contributed by atoms with Crippen LogP contribution in [0.5, 0.6) is 0 Å². The van der Waals surface area contributed by atoms with Crippen molar-refractivity contribution in [1.82, 2.24) is 15.1 Å². The Hall–Kier alpha value is -0.870. The van der Waals surface area contributed by atoms with E-state index in [4.69, 9.17) is 11.6 Å². The summed E-state index contributed by atoms with van der Waals surface area (Å²) >= 11 is 6.21. The molecule has 1 N–H and O–H groups in total.